The summed E-state index contributed by atoms with van der Waals surface area (Å²) in [5.41, 5.74) is -2.21. The predicted molar refractivity (Wildman–Crippen MR) is 158 cm³/mol. The Kier molecular flexibility index (Phi) is 8.88. The van der Waals surface area contributed by atoms with Crippen LogP contribution in [0.25, 0.3) is 0 Å². The topological polar surface area (TPSA) is 101 Å². The number of rotatable bonds is 1. The third-order valence-electron chi connectivity index (χ3n) is 12.1. The van der Waals surface area contributed by atoms with Gasteiger partial charge < -0.3 is 14.9 Å². The van der Waals surface area contributed by atoms with Crippen LogP contribution >= 0.6 is 0 Å². The zero-order chi connectivity index (χ0) is 30.8. The highest BCUT2D eigenvalue weighted by Crippen LogP contribution is 2.74. The maximum atomic E-state index is 14.3. The van der Waals surface area contributed by atoms with Gasteiger partial charge in [0.05, 0.1) is 17.8 Å². The van der Waals surface area contributed by atoms with Crippen molar-refractivity contribution in [2.75, 3.05) is 0 Å². The third-order valence-corrected chi connectivity index (χ3v) is 12.1. The van der Waals surface area contributed by atoms with Gasteiger partial charge in [-0.05, 0) is 49.4 Å². The second-order valence-electron chi connectivity index (χ2n) is 14.5. The summed E-state index contributed by atoms with van der Waals surface area (Å²) >= 11 is 0. The van der Waals surface area contributed by atoms with Gasteiger partial charge in [0.2, 0.25) is 0 Å². The van der Waals surface area contributed by atoms with Gasteiger partial charge in [-0.2, -0.15) is 0 Å². The number of Topliss-reactive ketones (excluding diaryl/α,β-unsaturated/α-hetero) is 3. The zero-order valence-electron chi connectivity index (χ0n) is 27.2. The molecule has 228 valence electrons. The molecule has 0 aromatic rings. The number of carbonyl (C=O) groups is 3. The number of hydrogen-bond acceptors (Lipinski definition) is 6. The quantitative estimate of drug-likeness (QED) is 0.376. The molecule has 1 aliphatic heterocycles. The van der Waals surface area contributed by atoms with Crippen LogP contribution < -0.4 is 0 Å². The molecule has 40 heavy (non-hydrogen) atoms. The van der Waals surface area contributed by atoms with Gasteiger partial charge in [0.25, 0.3) is 0 Å². The third kappa shape index (κ3) is 4.41. The zero-order valence-corrected chi connectivity index (χ0v) is 27.2. The Bertz CT molecular complexity index is 1050. The maximum absolute atomic E-state index is 14.3. The van der Waals surface area contributed by atoms with Gasteiger partial charge in [0.15, 0.2) is 5.78 Å². The minimum atomic E-state index is -1.14. The molecule has 0 aromatic carbocycles. The van der Waals surface area contributed by atoms with Gasteiger partial charge in [-0.3, -0.25) is 14.4 Å². The summed E-state index contributed by atoms with van der Waals surface area (Å²) in [6, 6.07) is 0. The first-order valence-corrected chi connectivity index (χ1v) is 15.8. The largest absolute Gasteiger partial charge is 0.388 e. The second kappa shape index (κ2) is 10.7. The predicted octanol–water partition coefficient (Wildman–Crippen LogP) is 6.11. The lowest BCUT2D eigenvalue weighted by molar-refractivity contribution is -0.173. The van der Waals surface area contributed by atoms with Crippen LogP contribution in [0, 0.1) is 45.3 Å². The first-order chi connectivity index (χ1) is 18.4. The number of fused-ring (bicyclic) bond motifs is 7. The molecule has 6 heteroatoms. The highest BCUT2D eigenvalue weighted by molar-refractivity contribution is 5.92. The molecular weight excluding hydrogens is 504 g/mol. The number of ether oxygens (including phenoxy) is 1. The molecule has 0 radical (unpaired) electrons. The van der Waals surface area contributed by atoms with Crippen molar-refractivity contribution in [3.63, 3.8) is 0 Å². The molecule has 0 aromatic heterocycles. The van der Waals surface area contributed by atoms with Crippen LogP contribution in [0.2, 0.25) is 0 Å². The van der Waals surface area contributed by atoms with E-state index in [2.05, 4.69) is 26.8 Å². The Balaban J connectivity index is 0.00000106. The summed E-state index contributed by atoms with van der Waals surface area (Å²) in [7, 11) is 0. The van der Waals surface area contributed by atoms with Crippen molar-refractivity contribution in [1.29, 1.82) is 0 Å². The molecule has 1 heterocycles. The minimum absolute atomic E-state index is 0.00209. The van der Waals surface area contributed by atoms with E-state index < -0.39 is 34.1 Å². The molecule has 0 spiro atoms. The number of carbonyl (C=O) groups excluding carboxylic acids is 3. The van der Waals surface area contributed by atoms with Gasteiger partial charge >= 0.3 is 0 Å². The highest BCUT2D eigenvalue weighted by Gasteiger charge is 2.73. The van der Waals surface area contributed by atoms with Crippen LogP contribution in [-0.2, 0) is 19.1 Å². The van der Waals surface area contributed by atoms with E-state index in [9.17, 15) is 24.6 Å². The Labute approximate surface area is 242 Å². The monoisotopic (exact) mass is 560 g/mol. The van der Waals surface area contributed by atoms with E-state index in [0.717, 1.165) is 12.0 Å². The van der Waals surface area contributed by atoms with Crippen LogP contribution in [0.5, 0.6) is 0 Å². The normalized spacial score (nSPS) is 45.7. The van der Waals surface area contributed by atoms with E-state index >= 15 is 0 Å². The summed E-state index contributed by atoms with van der Waals surface area (Å²) in [6.45, 7) is 23.7. The number of aliphatic hydroxyl groups excluding tert-OH is 1. The van der Waals surface area contributed by atoms with Crippen molar-refractivity contribution in [3.05, 3.63) is 11.6 Å². The highest BCUT2D eigenvalue weighted by atomic mass is 16.5. The molecule has 4 aliphatic carbocycles. The van der Waals surface area contributed by atoms with E-state index in [4.69, 9.17) is 4.74 Å². The van der Waals surface area contributed by atoms with E-state index in [-0.39, 0.29) is 65.4 Å². The molecule has 0 bridgehead atoms. The number of hydrogen-bond donors (Lipinski definition) is 2. The van der Waals surface area contributed by atoms with Crippen LogP contribution in [-0.4, -0.2) is 51.5 Å². The fraction of sp³-hybridized carbons (Fsp3) is 0.853. The van der Waals surface area contributed by atoms with Crippen LogP contribution in [0.3, 0.4) is 0 Å². The van der Waals surface area contributed by atoms with Gasteiger partial charge in [0, 0.05) is 41.9 Å². The van der Waals surface area contributed by atoms with Crippen LogP contribution in [0.1, 0.15) is 115 Å². The molecule has 6 nitrogen and oxygen atoms in total. The van der Waals surface area contributed by atoms with Crippen molar-refractivity contribution >= 4 is 17.3 Å². The summed E-state index contributed by atoms with van der Waals surface area (Å²) in [4.78, 5) is 40.6. The summed E-state index contributed by atoms with van der Waals surface area (Å²) in [5.74, 6) is -0.485. The number of aliphatic hydroxyl groups is 2. The van der Waals surface area contributed by atoms with Gasteiger partial charge in [-0.15, -0.1) is 0 Å². The Morgan fingerprint density at radius 3 is 2.05 bits per heavy atom. The minimum Gasteiger partial charge on any atom is -0.388 e. The smallest absolute Gasteiger partial charge is 0.162 e. The molecule has 2 N–H and O–H groups in total. The molecular formula is C34H56O6. The standard InChI is InChI=1S/C30H44O6.2C2H6/c1-15-18(31)12-23(27(4,5)35)36-20-13-28(6)21-10-9-16-17(11-19(32)25(34)26(16,2)3)30(21,8)22(33)14-29(28,7)24(15)20;2*1-2/h9,15,17,20-21,23-25,34-35H,10-14H2,1-8H3;2*1-2H3. The van der Waals surface area contributed by atoms with E-state index in [1.54, 1.807) is 13.8 Å². The van der Waals surface area contributed by atoms with Crippen LogP contribution in [0.15, 0.2) is 11.6 Å². The first-order valence-electron chi connectivity index (χ1n) is 15.8. The van der Waals surface area contributed by atoms with Crippen molar-refractivity contribution in [2.24, 2.45) is 45.3 Å². The average Bonchev–Trinajstić information content (AvgIpc) is 3.01. The fourth-order valence-electron chi connectivity index (χ4n) is 9.62. The van der Waals surface area contributed by atoms with Crippen molar-refractivity contribution in [3.8, 4) is 0 Å². The molecule has 4 fully saturated rings. The summed E-state index contributed by atoms with van der Waals surface area (Å²) in [5, 5.41) is 21.5. The number of ketones is 3. The maximum Gasteiger partial charge on any atom is 0.162 e. The molecule has 10 unspecified atom stereocenters. The molecule has 5 aliphatic rings. The lowest BCUT2D eigenvalue weighted by Crippen LogP contribution is -2.64. The SMILES string of the molecule is CC.CC.CC1C(=O)CC(C(C)(C)O)OC2CC3(C)C4CC=C5C(CC(=O)C(O)C5(C)C)C4(C)C(=O)CC3(C)C21. The van der Waals surface area contributed by atoms with E-state index in [0.29, 0.717) is 12.8 Å². The lowest BCUT2D eigenvalue weighted by Gasteiger charge is -2.64. The second-order valence-corrected chi connectivity index (χ2v) is 14.5. The fourth-order valence-corrected chi connectivity index (χ4v) is 9.62. The van der Waals surface area contributed by atoms with Crippen LogP contribution in [0.4, 0.5) is 0 Å². The molecule has 3 saturated carbocycles. The Morgan fingerprint density at radius 2 is 1.50 bits per heavy atom. The molecule has 0 amide bonds. The van der Waals surface area contributed by atoms with Crippen molar-refractivity contribution < 1.29 is 29.3 Å². The molecule has 1 saturated heterocycles. The lowest BCUT2D eigenvalue weighted by atomic mass is 9.38. The Morgan fingerprint density at radius 1 is 0.925 bits per heavy atom. The number of allylic oxidation sites excluding steroid dienone is 1. The first kappa shape index (κ1) is 33.1. The van der Waals surface area contributed by atoms with E-state index in [1.165, 1.54) is 0 Å². The molecule has 10 atom stereocenters. The summed E-state index contributed by atoms with van der Waals surface area (Å²) < 4.78 is 6.60. The van der Waals surface area contributed by atoms with Crippen molar-refractivity contribution in [2.45, 2.75) is 139 Å². The molecule has 5 rings (SSSR count). The average molecular weight is 561 g/mol. The van der Waals surface area contributed by atoms with E-state index in [1.807, 2.05) is 48.5 Å². The Hall–Kier alpha value is -1.37. The van der Waals surface area contributed by atoms with Gasteiger partial charge in [-0.25, -0.2) is 0 Å². The van der Waals surface area contributed by atoms with Gasteiger partial charge in [0.1, 0.15) is 17.7 Å². The van der Waals surface area contributed by atoms with Gasteiger partial charge in [-0.1, -0.05) is 80.9 Å². The van der Waals surface area contributed by atoms with Crippen molar-refractivity contribution in [1.82, 2.24) is 0 Å². The summed E-state index contributed by atoms with van der Waals surface area (Å²) in [6.07, 6.45) is 2.54.